The number of halogens is 3. The molecular formula is C19H18BrCl2N3OS2. The van der Waals surface area contributed by atoms with Crippen molar-refractivity contribution in [1.82, 2.24) is 14.8 Å². The highest BCUT2D eigenvalue weighted by atomic mass is 79.9. The Morgan fingerprint density at radius 3 is 2.39 bits per heavy atom. The second-order valence-corrected chi connectivity index (χ2v) is 10.1. The average molecular weight is 519 g/mol. The summed E-state index contributed by atoms with van der Waals surface area (Å²) in [6, 6.07) is 13.3. The summed E-state index contributed by atoms with van der Waals surface area (Å²) in [5.74, 6) is 2.18. The molecule has 2 aromatic carbocycles. The summed E-state index contributed by atoms with van der Waals surface area (Å²) in [5, 5.41) is 10.6. The van der Waals surface area contributed by atoms with Crippen LogP contribution >= 0.6 is 50.9 Å². The monoisotopic (exact) mass is 517 g/mol. The van der Waals surface area contributed by atoms with E-state index in [1.807, 2.05) is 54.0 Å². The first-order chi connectivity index (χ1) is 13.5. The molecule has 3 rings (SSSR count). The van der Waals surface area contributed by atoms with Crippen molar-refractivity contribution in [3.8, 4) is 0 Å². The lowest BCUT2D eigenvalue weighted by molar-refractivity contribution is 0.650. The number of rotatable bonds is 8. The van der Waals surface area contributed by atoms with Crippen molar-refractivity contribution in [1.29, 1.82) is 0 Å². The van der Waals surface area contributed by atoms with Crippen LogP contribution in [-0.4, -0.2) is 19.0 Å². The SMILES string of the molecule is CCn1c(CS(=O)Cc2ccc(Br)cc2)nnc1SCc1c(Cl)cccc1Cl. The Labute approximate surface area is 189 Å². The van der Waals surface area contributed by atoms with Gasteiger partial charge in [0.1, 0.15) is 5.82 Å². The van der Waals surface area contributed by atoms with Crippen LogP contribution in [0.15, 0.2) is 52.1 Å². The third-order valence-electron chi connectivity index (χ3n) is 4.05. The summed E-state index contributed by atoms with van der Waals surface area (Å²) in [5.41, 5.74) is 1.91. The van der Waals surface area contributed by atoms with Crippen LogP contribution in [0, 0.1) is 0 Å². The first-order valence-corrected chi connectivity index (χ1v) is 12.6. The molecule has 0 aliphatic carbocycles. The minimum Gasteiger partial charge on any atom is -0.306 e. The zero-order valence-corrected chi connectivity index (χ0v) is 19.8. The Hall–Kier alpha value is -0.860. The average Bonchev–Trinajstić information content (AvgIpc) is 3.04. The van der Waals surface area contributed by atoms with Gasteiger partial charge in [-0.05, 0) is 42.3 Å². The number of hydrogen-bond acceptors (Lipinski definition) is 4. The number of hydrogen-bond donors (Lipinski definition) is 0. The number of nitrogens with zero attached hydrogens (tertiary/aromatic N) is 3. The van der Waals surface area contributed by atoms with E-state index in [4.69, 9.17) is 23.2 Å². The van der Waals surface area contributed by atoms with Crippen LogP contribution in [0.4, 0.5) is 0 Å². The van der Waals surface area contributed by atoms with E-state index in [2.05, 4.69) is 26.1 Å². The summed E-state index contributed by atoms with van der Waals surface area (Å²) in [6.45, 7) is 2.73. The van der Waals surface area contributed by atoms with Crippen LogP contribution in [-0.2, 0) is 34.6 Å². The predicted octanol–water partition coefficient (Wildman–Crippen LogP) is 6.11. The molecule has 28 heavy (non-hydrogen) atoms. The van der Waals surface area contributed by atoms with Gasteiger partial charge >= 0.3 is 0 Å². The van der Waals surface area contributed by atoms with Crippen molar-refractivity contribution in [2.45, 2.75) is 35.9 Å². The lowest BCUT2D eigenvalue weighted by atomic mass is 10.2. The maximum Gasteiger partial charge on any atom is 0.191 e. The van der Waals surface area contributed by atoms with E-state index in [1.54, 1.807) is 0 Å². The van der Waals surface area contributed by atoms with Gasteiger partial charge in [-0.3, -0.25) is 4.21 Å². The van der Waals surface area contributed by atoms with E-state index >= 15 is 0 Å². The van der Waals surface area contributed by atoms with Gasteiger partial charge in [0.05, 0.1) is 5.75 Å². The molecule has 9 heteroatoms. The van der Waals surface area contributed by atoms with E-state index in [0.29, 0.717) is 33.8 Å². The van der Waals surface area contributed by atoms with Gasteiger partial charge in [-0.2, -0.15) is 0 Å². The molecule has 1 heterocycles. The quantitative estimate of drug-likeness (QED) is 0.337. The standard InChI is InChI=1S/C19H18BrCl2N3OS2/c1-2-25-18(12-28(26)11-13-6-8-14(20)9-7-13)23-24-19(25)27-10-15-16(21)4-3-5-17(15)22/h3-9H,2,10-12H2,1H3. The second-order valence-electron chi connectivity index (χ2n) is 5.99. The molecular weight excluding hydrogens is 501 g/mol. The molecule has 1 atom stereocenters. The number of aromatic nitrogens is 3. The minimum absolute atomic E-state index is 0.365. The Balaban J connectivity index is 1.67. The van der Waals surface area contributed by atoms with Crippen molar-refractivity contribution in [3.05, 3.63) is 73.9 Å². The van der Waals surface area contributed by atoms with Gasteiger partial charge in [0.25, 0.3) is 0 Å². The van der Waals surface area contributed by atoms with E-state index in [0.717, 1.165) is 26.6 Å². The maximum absolute atomic E-state index is 12.6. The van der Waals surface area contributed by atoms with E-state index in [1.165, 1.54) is 11.8 Å². The molecule has 1 unspecified atom stereocenters. The summed E-state index contributed by atoms with van der Waals surface area (Å²) >= 11 is 17.4. The van der Waals surface area contributed by atoms with Crippen molar-refractivity contribution in [2.75, 3.05) is 0 Å². The fourth-order valence-electron chi connectivity index (χ4n) is 2.62. The van der Waals surface area contributed by atoms with Crippen molar-refractivity contribution >= 4 is 61.7 Å². The third-order valence-corrected chi connectivity index (χ3v) is 7.51. The minimum atomic E-state index is -1.06. The molecule has 0 saturated carbocycles. The predicted molar refractivity (Wildman–Crippen MR) is 121 cm³/mol. The van der Waals surface area contributed by atoms with Crippen LogP contribution in [0.1, 0.15) is 23.9 Å². The third kappa shape index (κ3) is 5.60. The van der Waals surface area contributed by atoms with Crippen LogP contribution in [0.25, 0.3) is 0 Å². The Morgan fingerprint density at radius 1 is 1.07 bits per heavy atom. The van der Waals surface area contributed by atoms with Gasteiger partial charge in [-0.1, -0.05) is 69.1 Å². The van der Waals surface area contributed by atoms with E-state index in [-0.39, 0.29) is 0 Å². The zero-order valence-electron chi connectivity index (χ0n) is 15.1. The summed E-state index contributed by atoms with van der Waals surface area (Å²) < 4.78 is 15.6. The molecule has 0 N–H and O–H groups in total. The molecule has 0 saturated heterocycles. The van der Waals surface area contributed by atoms with Crippen LogP contribution in [0.3, 0.4) is 0 Å². The van der Waals surface area contributed by atoms with Gasteiger partial charge in [0.15, 0.2) is 5.16 Å². The van der Waals surface area contributed by atoms with E-state index in [9.17, 15) is 4.21 Å². The molecule has 148 valence electrons. The van der Waals surface area contributed by atoms with Gasteiger partial charge in [-0.25, -0.2) is 0 Å². The van der Waals surface area contributed by atoms with Gasteiger partial charge in [0, 0.05) is 43.4 Å². The van der Waals surface area contributed by atoms with Crippen LogP contribution in [0.2, 0.25) is 10.0 Å². The molecule has 4 nitrogen and oxygen atoms in total. The summed E-state index contributed by atoms with van der Waals surface area (Å²) in [6.07, 6.45) is 0. The molecule has 0 radical (unpaired) electrons. The van der Waals surface area contributed by atoms with Crippen molar-refractivity contribution < 1.29 is 4.21 Å². The molecule has 0 spiro atoms. The molecule has 0 amide bonds. The van der Waals surface area contributed by atoms with Gasteiger partial charge in [-0.15, -0.1) is 10.2 Å². The number of thioether (sulfide) groups is 1. The lowest BCUT2D eigenvalue weighted by Gasteiger charge is -2.09. The smallest absolute Gasteiger partial charge is 0.191 e. The lowest BCUT2D eigenvalue weighted by Crippen LogP contribution is -2.08. The first-order valence-electron chi connectivity index (χ1n) is 8.55. The molecule has 1 aromatic heterocycles. The normalized spacial score (nSPS) is 12.3. The second kappa shape index (κ2) is 10.3. The molecule has 0 fully saturated rings. The Kier molecular flexibility index (Phi) is 8.00. The molecule has 0 aliphatic rings. The Morgan fingerprint density at radius 2 is 1.75 bits per heavy atom. The largest absolute Gasteiger partial charge is 0.306 e. The van der Waals surface area contributed by atoms with Gasteiger partial charge in [0.2, 0.25) is 0 Å². The summed E-state index contributed by atoms with van der Waals surface area (Å²) in [4.78, 5) is 0. The molecule has 0 bridgehead atoms. The molecule has 3 aromatic rings. The summed E-state index contributed by atoms with van der Waals surface area (Å²) in [7, 11) is -1.06. The zero-order chi connectivity index (χ0) is 20.1. The van der Waals surface area contributed by atoms with Crippen LogP contribution < -0.4 is 0 Å². The topological polar surface area (TPSA) is 47.8 Å². The van der Waals surface area contributed by atoms with E-state index < -0.39 is 10.8 Å². The number of benzene rings is 2. The highest BCUT2D eigenvalue weighted by Gasteiger charge is 2.16. The van der Waals surface area contributed by atoms with Gasteiger partial charge < -0.3 is 4.57 Å². The fourth-order valence-corrected chi connectivity index (χ4v) is 5.81. The first kappa shape index (κ1) is 21.8. The fraction of sp³-hybridized carbons (Fsp3) is 0.263. The van der Waals surface area contributed by atoms with Crippen molar-refractivity contribution in [2.24, 2.45) is 0 Å². The Bertz CT molecular complexity index is 960. The highest BCUT2D eigenvalue weighted by Crippen LogP contribution is 2.31. The molecule has 0 aliphatic heterocycles. The van der Waals surface area contributed by atoms with Crippen molar-refractivity contribution in [3.63, 3.8) is 0 Å². The highest BCUT2D eigenvalue weighted by molar-refractivity contribution is 9.10. The van der Waals surface area contributed by atoms with Crippen LogP contribution in [0.5, 0.6) is 0 Å². The maximum atomic E-state index is 12.6.